The molecule has 1 unspecified atom stereocenters. The van der Waals surface area contributed by atoms with Gasteiger partial charge in [-0.2, -0.15) is 0 Å². The lowest BCUT2D eigenvalue weighted by molar-refractivity contribution is 0.402. The van der Waals surface area contributed by atoms with Crippen LogP contribution in [-0.4, -0.2) is 11.5 Å². The third-order valence-electron chi connectivity index (χ3n) is 1.63. The van der Waals surface area contributed by atoms with Crippen molar-refractivity contribution in [3.05, 3.63) is 30.3 Å². The van der Waals surface area contributed by atoms with Gasteiger partial charge in [0.1, 0.15) is 4.93 Å². The van der Waals surface area contributed by atoms with Crippen LogP contribution < -0.4 is 0 Å². The van der Waals surface area contributed by atoms with Crippen LogP contribution in [0.2, 0.25) is 0 Å². The number of rotatable bonds is 2. The second-order valence-corrected chi connectivity index (χ2v) is 4.38. The fourth-order valence-electron chi connectivity index (χ4n) is 0.898. The third-order valence-corrected chi connectivity index (χ3v) is 2.80. The van der Waals surface area contributed by atoms with E-state index >= 15 is 0 Å². The molecular weight excluding hydrogens is 156 g/mol. The Balaban J connectivity index is 2.07. The number of thioether (sulfide) groups is 1. The molecule has 1 aliphatic rings. The highest BCUT2D eigenvalue weighted by Gasteiger charge is 2.40. The fourth-order valence-corrected chi connectivity index (χ4v) is 1.87. The van der Waals surface area contributed by atoms with E-state index in [4.69, 9.17) is 4.74 Å². The minimum atomic E-state index is 0.0708. The summed E-state index contributed by atoms with van der Waals surface area (Å²) in [4.78, 5) is 1.36. The number of ether oxygens (including phenoxy) is 1. The van der Waals surface area contributed by atoms with E-state index in [1.54, 1.807) is 11.8 Å². The average molecular weight is 166 g/mol. The molecule has 1 fully saturated rings. The van der Waals surface area contributed by atoms with Crippen molar-refractivity contribution in [1.29, 1.82) is 0 Å². The molecule has 1 atom stereocenters. The zero-order valence-corrected chi connectivity index (χ0v) is 7.23. The van der Waals surface area contributed by atoms with Crippen molar-refractivity contribution in [2.45, 2.75) is 16.8 Å². The first-order valence-corrected chi connectivity index (χ1v) is 4.48. The van der Waals surface area contributed by atoms with Crippen LogP contribution in [0.1, 0.15) is 6.92 Å². The van der Waals surface area contributed by atoms with Crippen molar-refractivity contribution < 1.29 is 4.74 Å². The Morgan fingerprint density at radius 1 is 1.36 bits per heavy atom. The zero-order chi connectivity index (χ0) is 7.73. The van der Waals surface area contributed by atoms with Crippen LogP contribution in [0.5, 0.6) is 0 Å². The van der Waals surface area contributed by atoms with Gasteiger partial charge >= 0.3 is 0 Å². The first-order valence-electron chi connectivity index (χ1n) is 3.67. The van der Waals surface area contributed by atoms with E-state index in [1.165, 1.54) is 4.90 Å². The maximum absolute atomic E-state index is 5.26. The van der Waals surface area contributed by atoms with Crippen LogP contribution in [0.4, 0.5) is 0 Å². The van der Waals surface area contributed by atoms with Gasteiger partial charge in [0, 0.05) is 4.90 Å². The van der Waals surface area contributed by atoms with Crippen LogP contribution in [0.3, 0.4) is 0 Å². The summed E-state index contributed by atoms with van der Waals surface area (Å²) in [5, 5.41) is 0. The predicted octanol–water partition coefficient (Wildman–Crippen LogP) is 2.53. The van der Waals surface area contributed by atoms with Gasteiger partial charge in [0.2, 0.25) is 0 Å². The Morgan fingerprint density at radius 3 is 2.55 bits per heavy atom. The first-order chi connectivity index (χ1) is 5.29. The van der Waals surface area contributed by atoms with Crippen molar-refractivity contribution in [3.63, 3.8) is 0 Å². The molecule has 1 saturated heterocycles. The Bertz CT molecular complexity index is 241. The summed E-state index contributed by atoms with van der Waals surface area (Å²) in [6, 6.07) is 10.3. The Kier molecular flexibility index (Phi) is 1.66. The molecule has 0 amide bonds. The molecule has 2 rings (SSSR count). The second kappa shape index (κ2) is 2.54. The second-order valence-electron chi connectivity index (χ2n) is 2.84. The van der Waals surface area contributed by atoms with Gasteiger partial charge in [0.25, 0.3) is 0 Å². The topological polar surface area (TPSA) is 12.5 Å². The molecule has 1 nitrogen and oxygen atoms in total. The van der Waals surface area contributed by atoms with E-state index in [2.05, 4.69) is 19.1 Å². The highest BCUT2D eigenvalue weighted by molar-refractivity contribution is 8.00. The highest BCUT2D eigenvalue weighted by Crippen LogP contribution is 2.42. The molecular formula is C9H10OS. The first kappa shape index (κ1) is 7.19. The van der Waals surface area contributed by atoms with Crippen molar-refractivity contribution in [3.8, 4) is 0 Å². The van der Waals surface area contributed by atoms with E-state index in [1.807, 2.05) is 18.2 Å². The van der Waals surface area contributed by atoms with Crippen LogP contribution in [0, 0.1) is 0 Å². The smallest absolute Gasteiger partial charge is 0.138 e. The van der Waals surface area contributed by atoms with Crippen molar-refractivity contribution in [2.75, 3.05) is 6.61 Å². The lowest BCUT2D eigenvalue weighted by Crippen LogP contribution is -1.94. The van der Waals surface area contributed by atoms with E-state index in [9.17, 15) is 0 Å². The number of hydrogen-bond acceptors (Lipinski definition) is 2. The quantitative estimate of drug-likeness (QED) is 0.626. The molecule has 1 aromatic carbocycles. The molecule has 58 valence electrons. The van der Waals surface area contributed by atoms with E-state index < -0.39 is 0 Å². The summed E-state index contributed by atoms with van der Waals surface area (Å²) in [5.74, 6) is 0. The van der Waals surface area contributed by atoms with Gasteiger partial charge < -0.3 is 4.74 Å². The SMILES string of the molecule is CC1(Sc2ccccc2)CO1. The van der Waals surface area contributed by atoms with Gasteiger partial charge in [-0.15, -0.1) is 0 Å². The summed E-state index contributed by atoms with van der Waals surface area (Å²) in [5.41, 5.74) is 0. The molecule has 0 aliphatic carbocycles. The molecule has 11 heavy (non-hydrogen) atoms. The largest absolute Gasteiger partial charge is 0.358 e. The lowest BCUT2D eigenvalue weighted by Gasteiger charge is -2.02. The molecule has 0 bridgehead atoms. The summed E-state index contributed by atoms with van der Waals surface area (Å²) in [7, 11) is 0. The minimum Gasteiger partial charge on any atom is -0.358 e. The van der Waals surface area contributed by atoms with Gasteiger partial charge in [-0.25, -0.2) is 0 Å². The lowest BCUT2D eigenvalue weighted by atomic mass is 10.4. The Hall–Kier alpha value is -0.470. The summed E-state index contributed by atoms with van der Waals surface area (Å²) >= 11 is 1.79. The van der Waals surface area contributed by atoms with E-state index in [0.717, 1.165) is 6.61 Å². The zero-order valence-electron chi connectivity index (χ0n) is 6.41. The maximum atomic E-state index is 5.26. The number of hydrogen-bond donors (Lipinski definition) is 0. The number of epoxide rings is 1. The molecule has 0 N–H and O–H groups in total. The van der Waals surface area contributed by atoms with Crippen LogP contribution in [0.15, 0.2) is 35.2 Å². The van der Waals surface area contributed by atoms with Crippen molar-refractivity contribution >= 4 is 11.8 Å². The van der Waals surface area contributed by atoms with Gasteiger partial charge in [-0.3, -0.25) is 0 Å². The molecule has 1 heterocycles. The average Bonchev–Trinajstić information content (AvgIpc) is 2.70. The summed E-state index contributed by atoms with van der Waals surface area (Å²) in [6.45, 7) is 3.00. The van der Waals surface area contributed by atoms with Gasteiger partial charge in [-0.1, -0.05) is 30.0 Å². The predicted molar refractivity (Wildman–Crippen MR) is 46.7 cm³/mol. The fraction of sp³-hybridized carbons (Fsp3) is 0.333. The minimum absolute atomic E-state index is 0.0708. The van der Waals surface area contributed by atoms with Gasteiger partial charge in [0.05, 0.1) is 6.61 Å². The molecule has 0 spiro atoms. The monoisotopic (exact) mass is 166 g/mol. The van der Waals surface area contributed by atoms with E-state index in [0.29, 0.717) is 0 Å². The molecule has 1 aromatic rings. The van der Waals surface area contributed by atoms with Crippen LogP contribution in [-0.2, 0) is 4.74 Å². The standard InChI is InChI=1S/C9H10OS/c1-9(7-10-9)11-8-5-3-2-4-6-8/h2-6H,7H2,1H3. The number of benzene rings is 1. The summed E-state index contributed by atoms with van der Waals surface area (Å²) in [6.07, 6.45) is 0. The highest BCUT2D eigenvalue weighted by atomic mass is 32.2. The van der Waals surface area contributed by atoms with Crippen molar-refractivity contribution in [2.24, 2.45) is 0 Å². The third kappa shape index (κ3) is 1.76. The molecule has 2 heteroatoms. The van der Waals surface area contributed by atoms with Crippen molar-refractivity contribution in [1.82, 2.24) is 0 Å². The molecule has 0 aromatic heterocycles. The van der Waals surface area contributed by atoms with Crippen LogP contribution in [0.25, 0.3) is 0 Å². The molecule has 0 saturated carbocycles. The Morgan fingerprint density at radius 2 is 2.00 bits per heavy atom. The normalized spacial score (nSPS) is 28.5. The van der Waals surface area contributed by atoms with E-state index in [-0.39, 0.29) is 4.93 Å². The summed E-state index contributed by atoms with van der Waals surface area (Å²) < 4.78 is 5.26. The van der Waals surface area contributed by atoms with Gasteiger partial charge in [-0.05, 0) is 19.1 Å². The maximum Gasteiger partial charge on any atom is 0.138 e. The molecule has 1 aliphatic heterocycles. The van der Waals surface area contributed by atoms with Crippen LogP contribution >= 0.6 is 11.8 Å². The Labute approximate surface area is 70.8 Å². The molecule has 0 radical (unpaired) electrons. The van der Waals surface area contributed by atoms with Gasteiger partial charge in [0.15, 0.2) is 0 Å².